The molecule has 0 radical (unpaired) electrons. The molecule has 5 nitrogen and oxygen atoms in total. The van der Waals surface area contributed by atoms with Crippen molar-refractivity contribution >= 4 is 28.9 Å². The molecule has 2 rings (SSSR count). The van der Waals surface area contributed by atoms with Crippen LogP contribution in [0.3, 0.4) is 0 Å². The molecule has 0 bridgehead atoms. The molecule has 0 spiro atoms. The number of hydrogen-bond donors (Lipinski definition) is 2. The summed E-state index contributed by atoms with van der Waals surface area (Å²) < 4.78 is 0. The molecule has 0 unspecified atom stereocenters. The molecule has 84 valence electrons. The van der Waals surface area contributed by atoms with Crippen LogP contribution in [0, 0.1) is 0 Å². The Morgan fingerprint density at radius 3 is 2.94 bits per heavy atom. The normalized spacial score (nSPS) is 10.4. The third kappa shape index (κ3) is 2.84. The molecule has 0 aliphatic rings. The maximum atomic E-state index is 5.84. The predicted molar refractivity (Wildman–Crippen MR) is 62.8 cm³/mol. The lowest BCUT2D eigenvalue weighted by Crippen LogP contribution is -2.06. The molecule has 0 amide bonds. The van der Waals surface area contributed by atoms with Crippen LogP contribution in [0.1, 0.15) is 5.69 Å². The van der Waals surface area contributed by atoms with Gasteiger partial charge in [0.1, 0.15) is 0 Å². The molecule has 2 aromatic rings. The van der Waals surface area contributed by atoms with Crippen molar-refractivity contribution in [3.63, 3.8) is 0 Å². The first-order valence-corrected chi connectivity index (χ1v) is 5.41. The number of hydrogen-bond acceptors (Lipinski definition) is 4. The van der Waals surface area contributed by atoms with Gasteiger partial charge in [-0.25, -0.2) is 4.98 Å². The van der Waals surface area contributed by atoms with Gasteiger partial charge < -0.3 is 10.3 Å². The number of aromatic amines is 1. The van der Waals surface area contributed by atoms with Crippen molar-refractivity contribution < 1.29 is 0 Å². The molecule has 2 N–H and O–H groups in total. The van der Waals surface area contributed by atoms with E-state index in [0.29, 0.717) is 22.5 Å². The van der Waals surface area contributed by atoms with Crippen LogP contribution in [-0.2, 0) is 6.42 Å². The smallest absolute Gasteiger partial charge is 0.174 e. The highest BCUT2D eigenvalue weighted by Gasteiger charge is 2.03. The number of aromatic nitrogens is 4. The van der Waals surface area contributed by atoms with Crippen LogP contribution in [0.4, 0.5) is 5.69 Å². The molecule has 16 heavy (non-hydrogen) atoms. The molecular weight excluding hydrogens is 249 g/mol. The minimum absolute atomic E-state index is 0.313. The van der Waals surface area contributed by atoms with Gasteiger partial charge in [-0.15, -0.1) is 10.2 Å². The van der Waals surface area contributed by atoms with Crippen molar-refractivity contribution in [2.24, 2.45) is 0 Å². The SMILES string of the molecule is Clc1cc(NCCc2cnc[nH]2)c(Cl)nn1. The van der Waals surface area contributed by atoms with Gasteiger partial charge in [0, 0.05) is 30.9 Å². The van der Waals surface area contributed by atoms with E-state index in [2.05, 4.69) is 25.5 Å². The van der Waals surface area contributed by atoms with Gasteiger partial charge in [0.2, 0.25) is 0 Å². The van der Waals surface area contributed by atoms with Crippen molar-refractivity contribution in [1.29, 1.82) is 0 Å². The summed E-state index contributed by atoms with van der Waals surface area (Å²) >= 11 is 11.5. The third-order valence-electron chi connectivity index (χ3n) is 1.98. The maximum Gasteiger partial charge on any atom is 0.174 e. The van der Waals surface area contributed by atoms with Crippen molar-refractivity contribution in [1.82, 2.24) is 20.2 Å². The molecule has 0 atom stereocenters. The van der Waals surface area contributed by atoms with Crippen molar-refractivity contribution in [3.8, 4) is 0 Å². The number of halogens is 2. The lowest BCUT2D eigenvalue weighted by atomic mass is 10.3. The average molecular weight is 258 g/mol. The van der Waals surface area contributed by atoms with Gasteiger partial charge in [-0.05, 0) is 0 Å². The molecule has 0 aliphatic carbocycles. The van der Waals surface area contributed by atoms with Gasteiger partial charge in [0.15, 0.2) is 10.3 Å². The van der Waals surface area contributed by atoms with Gasteiger partial charge in [0.05, 0.1) is 12.0 Å². The van der Waals surface area contributed by atoms with Gasteiger partial charge >= 0.3 is 0 Å². The van der Waals surface area contributed by atoms with Crippen LogP contribution < -0.4 is 5.32 Å². The van der Waals surface area contributed by atoms with E-state index in [9.17, 15) is 0 Å². The first kappa shape index (κ1) is 11.2. The van der Waals surface area contributed by atoms with Crippen LogP contribution in [-0.4, -0.2) is 26.7 Å². The Bertz CT molecular complexity index is 457. The molecule has 0 aliphatic heterocycles. The third-order valence-corrected chi connectivity index (χ3v) is 2.45. The highest BCUT2D eigenvalue weighted by atomic mass is 35.5. The number of nitrogens with zero attached hydrogens (tertiary/aromatic N) is 3. The largest absolute Gasteiger partial charge is 0.382 e. The second-order valence-corrected chi connectivity index (χ2v) is 3.87. The van der Waals surface area contributed by atoms with E-state index in [1.165, 1.54) is 0 Å². The summed E-state index contributed by atoms with van der Waals surface area (Å²) in [5.74, 6) is 0. The van der Waals surface area contributed by atoms with Gasteiger partial charge in [-0.3, -0.25) is 0 Å². The minimum atomic E-state index is 0.313. The summed E-state index contributed by atoms with van der Waals surface area (Å²) in [7, 11) is 0. The first-order valence-electron chi connectivity index (χ1n) is 4.65. The number of imidazole rings is 1. The molecule has 7 heteroatoms. The average Bonchev–Trinajstić information content (AvgIpc) is 2.76. The predicted octanol–water partition coefficient (Wildman–Crippen LogP) is 2.16. The minimum Gasteiger partial charge on any atom is -0.382 e. The monoisotopic (exact) mass is 257 g/mol. The van der Waals surface area contributed by atoms with Crippen LogP contribution in [0.15, 0.2) is 18.6 Å². The fraction of sp³-hybridized carbons (Fsp3) is 0.222. The standard InChI is InChI=1S/C9H9Cl2N5/c10-8-3-7(9(11)16-15-8)13-2-1-6-4-12-5-14-6/h3-5H,1-2H2,(H,12,14)(H,13,15). The Kier molecular flexibility index (Phi) is 3.58. The van der Waals surface area contributed by atoms with Gasteiger partial charge in [0.25, 0.3) is 0 Å². The van der Waals surface area contributed by atoms with Crippen LogP contribution in [0.25, 0.3) is 0 Å². The molecule has 2 aromatic heterocycles. The van der Waals surface area contributed by atoms with Crippen LogP contribution in [0.2, 0.25) is 10.3 Å². The van der Waals surface area contributed by atoms with Crippen molar-refractivity contribution in [2.75, 3.05) is 11.9 Å². The second kappa shape index (κ2) is 5.14. The zero-order valence-electron chi connectivity index (χ0n) is 8.24. The quantitative estimate of drug-likeness (QED) is 0.881. The van der Waals surface area contributed by atoms with Crippen molar-refractivity contribution in [3.05, 3.63) is 34.6 Å². The molecule has 0 fully saturated rings. The summed E-state index contributed by atoms with van der Waals surface area (Å²) in [5, 5.41) is 11.1. The Balaban J connectivity index is 1.92. The maximum absolute atomic E-state index is 5.84. The Hall–Kier alpha value is -1.33. The summed E-state index contributed by atoms with van der Waals surface area (Å²) in [6.07, 6.45) is 4.24. The van der Waals surface area contributed by atoms with E-state index in [4.69, 9.17) is 23.2 Å². The van der Waals surface area contributed by atoms with Gasteiger partial charge in [-0.1, -0.05) is 23.2 Å². The van der Waals surface area contributed by atoms with E-state index in [1.54, 1.807) is 18.6 Å². The van der Waals surface area contributed by atoms with E-state index in [1.807, 2.05) is 0 Å². The fourth-order valence-electron chi connectivity index (χ4n) is 1.23. The Morgan fingerprint density at radius 1 is 1.31 bits per heavy atom. The number of nitrogens with one attached hydrogen (secondary N) is 2. The van der Waals surface area contributed by atoms with E-state index in [0.717, 1.165) is 12.1 Å². The summed E-state index contributed by atoms with van der Waals surface area (Å²) in [4.78, 5) is 6.94. The zero-order valence-corrected chi connectivity index (χ0v) is 9.76. The van der Waals surface area contributed by atoms with Crippen LogP contribution in [0.5, 0.6) is 0 Å². The number of anilines is 1. The summed E-state index contributed by atoms with van der Waals surface area (Å²) in [5.41, 5.74) is 1.73. The second-order valence-electron chi connectivity index (χ2n) is 3.13. The Morgan fingerprint density at radius 2 is 2.19 bits per heavy atom. The molecule has 0 saturated heterocycles. The van der Waals surface area contributed by atoms with Crippen molar-refractivity contribution in [2.45, 2.75) is 6.42 Å². The molecule has 0 saturated carbocycles. The number of H-pyrrole nitrogens is 1. The van der Waals surface area contributed by atoms with E-state index >= 15 is 0 Å². The van der Waals surface area contributed by atoms with Crippen LogP contribution >= 0.6 is 23.2 Å². The van der Waals surface area contributed by atoms with E-state index in [-0.39, 0.29) is 0 Å². The summed E-state index contributed by atoms with van der Waals surface area (Å²) in [6, 6.07) is 1.64. The lowest BCUT2D eigenvalue weighted by Gasteiger charge is -2.06. The molecule has 0 aromatic carbocycles. The fourth-order valence-corrected chi connectivity index (χ4v) is 1.54. The summed E-state index contributed by atoms with van der Waals surface area (Å²) in [6.45, 7) is 0.712. The first-order chi connectivity index (χ1) is 7.75. The topological polar surface area (TPSA) is 66.5 Å². The zero-order chi connectivity index (χ0) is 11.4. The number of rotatable bonds is 4. The highest BCUT2D eigenvalue weighted by molar-refractivity contribution is 6.33. The van der Waals surface area contributed by atoms with E-state index < -0.39 is 0 Å². The molecular formula is C9H9Cl2N5. The Labute approximate surface area is 102 Å². The lowest BCUT2D eigenvalue weighted by molar-refractivity contribution is 0.965. The molecule has 2 heterocycles. The highest BCUT2D eigenvalue weighted by Crippen LogP contribution is 2.20. The van der Waals surface area contributed by atoms with Gasteiger partial charge in [-0.2, -0.15) is 0 Å².